The standard InChI is InChI=1S/C23H26FN7O3/c1-13-11-31(12-14(2)34-13)23-26-10-18(24)21(28-23)27-19-9-17(20(30-29-19)22(32)25-3)15-5-7-16(33-4)8-6-15/h5-10,13-14H,11-12H2,1-4H3,(H,25,32)(H,26,27,28,29)/t13-,14+. The Bertz CT molecular complexity index is 1170. The Kier molecular flexibility index (Phi) is 6.82. The van der Waals surface area contributed by atoms with Gasteiger partial charge in [-0.3, -0.25) is 4.79 Å². The lowest BCUT2D eigenvalue weighted by Crippen LogP contribution is -2.46. The zero-order chi connectivity index (χ0) is 24.2. The Morgan fingerprint density at radius 1 is 1.18 bits per heavy atom. The fourth-order valence-electron chi connectivity index (χ4n) is 3.79. The minimum Gasteiger partial charge on any atom is -0.497 e. The quantitative estimate of drug-likeness (QED) is 0.565. The number of methoxy groups -OCH3 is 1. The van der Waals surface area contributed by atoms with Gasteiger partial charge < -0.3 is 25.0 Å². The predicted octanol–water partition coefficient (Wildman–Crippen LogP) is 2.80. The lowest BCUT2D eigenvalue weighted by Gasteiger charge is -2.35. The van der Waals surface area contributed by atoms with Crippen molar-refractivity contribution in [1.29, 1.82) is 0 Å². The summed E-state index contributed by atoms with van der Waals surface area (Å²) in [5.74, 6) is 0.214. The molecular formula is C23H26FN7O3. The monoisotopic (exact) mass is 467 g/mol. The van der Waals surface area contributed by atoms with Crippen molar-refractivity contribution in [2.75, 3.05) is 37.5 Å². The molecule has 3 heterocycles. The molecule has 2 atom stereocenters. The van der Waals surface area contributed by atoms with Gasteiger partial charge in [0.05, 0.1) is 25.5 Å². The summed E-state index contributed by atoms with van der Waals surface area (Å²) in [7, 11) is 3.09. The van der Waals surface area contributed by atoms with Gasteiger partial charge in [0, 0.05) is 25.7 Å². The number of anilines is 3. The molecule has 1 amide bonds. The maximum atomic E-state index is 14.6. The SMILES string of the molecule is CNC(=O)c1nnc(Nc2nc(N3C[C@@H](C)O[C@@H](C)C3)ncc2F)cc1-c1ccc(OC)cc1. The summed E-state index contributed by atoms with van der Waals surface area (Å²) in [6, 6.07) is 8.78. The van der Waals surface area contributed by atoms with Gasteiger partial charge in [-0.05, 0) is 37.6 Å². The third-order valence-corrected chi connectivity index (χ3v) is 5.32. The summed E-state index contributed by atoms with van der Waals surface area (Å²) in [5.41, 5.74) is 1.38. The molecule has 0 bridgehead atoms. The molecule has 10 nitrogen and oxygen atoms in total. The van der Waals surface area contributed by atoms with Gasteiger partial charge in [0.2, 0.25) is 5.95 Å². The number of amides is 1. The number of carbonyl (C=O) groups is 1. The summed E-state index contributed by atoms with van der Waals surface area (Å²) in [6.07, 6.45) is 1.12. The van der Waals surface area contributed by atoms with Crippen molar-refractivity contribution in [1.82, 2.24) is 25.5 Å². The second-order valence-electron chi connectivity index (χ2n) is 7.95. The van der Waals surface area contributed by atoms with Crippen molar-refractivity contribution < 1.29 is 18.7 Å². The van der Waals surface area contributed by atoms with E-state index in [1.807, 2.05) is 18.7 Å². The zero-order valence-electron chi connectivity index (χ0n) is 19.4. The highest BCUT2D eigenvalue weighted by Gasteiger charge is 2.25. The van der Waals surface area contributed by atoms with Gasteiger partial charge in [-0.1, -0.05) is 12.1 Å². The molecule has 1 aliphatic rings. The van der Waals surface area contributed by atoms with E-state index in [4.69, 9.17) is 9.47 Å². The highest BCUT2D eigenvalue weighted by Crippen LogP contribution is 2.28. The molecule has 0 spiro atoms. The molecule has 1 aliphatic heterocycles. The Labute approximate surface area is 196 Å². The van der Waals surface area contributed by atoms with Crippen molar-refractivity contribution in [3.8, 4) is 16.9 Å². The van der Waals surface area contributed by atoms with Gasteiger partial charge in [-0.2, -0.15) is 4.98 Å². The van der Waals surface area contributed by atoms with Crippen LogP contribution in [0.25, 0.3) is 11.1 Å². The van der Waals surface area contributed by atoms with E-state index in [9.17, 15) is 9.18 Å². The smallest absolute Gasteiger partial charge is 0.272 e. The number of nitrogens with one attached hydrogen (secondary N) is 2. The van der Waals surface area contributed by atoms with Crippen molar-refractivity contribution in [2.24, 2.45) is 0 Å². The Morgan fingerprint density at radius 3 is 2.53 bits per heavy atom. The van der Waals surface area contributed by atoms with Gasteiger partial charge in [0.15, 0.2) is 23.1 Å². The summed E-state index contributed by atoms with van der Waals surface area (Å²) in [5, 5.41) is 13.6. The number of hydrogen-bond acceptors (Lipinski definition) is 9. The average Bonchev–Trinajstić information content (AvgIpc) is 2.84. The van der Waals surface area contributed by atoms with Crippen LogP contribution in [0.15, 0.2) is 36.5 Å². The highest BCUT2D eigenvalue weighted by molar-refractivity contribution is 5.99. The van der Waals surface area contributed by atoms with Crippen LogP contribution >= 0.6 is 0 Å². The Hall–Kier alpha value is -3.86. The minimum atomic E-state index is -0.638. The molecule has 0 radical (unpaired) electrons. The molecule has 1 fully saturated rings. The molecule has 3 aromatic rings. The van der Waals surface area contributed by atoms with Crippen molar-refractivity contribution in [3.63, 3.8) is 0 Å². The number of rotatable bonds is 6. The number of aromatic nitrogens is 4. The van der Waals surface area contributed by atoms with Crippen LogP contribution in [0.2, 0.25) is 0 Å². The molecule has 0 aliphatic carbocycles. The van der Waals surface area contributed by atoms with Crippen LogP contribution in [0.5, 0.6) is 5.75 Å². The number of hydrogen-bond donors (Lipinski definition) is 2. The van der Waals surface area contributed by atoms with Crippen LogP contribution in [-0.4, -0.2) is 65.5 Å². The first-order chi connectivity index (χ1) is 16.4. The molecule has 4 rings (SSSR count). The second-order valence-corrected chi connectivity index (χ2v) is 7.95. The molecule has 0 saturated carbocycles. The minimum absolute atomic E-state index is 0.00369. The largest absolute Gasteiger partial charge is 0.497 e. The van der Waals surface area contributed by atoms with E-state index in [1.54, 1.807) is 37.4 Å². The maximum Gasteiger partial charge on any atom is 0.272 e. The molecule has 178 valence electrons. The number of benzene rings is 1. The summed E-state index contributed by atoms with van der Waals surface area (Å²) in [4.78, 5) is 22.8. The van der Waals surface area contributed by atoms with E-state index in [0.717, 1.165) is 11.8 Å². The van der Waals surface area contributed by atoms with Crippen molar-refractivity contribution in [3.05, 3.63) is 48.0 Å². The highest BCUT2D eigenvalue weighted by atomic mass is 19.1. The molecule has 1 saturated heterocycles. The molecule has 1 aromatic carbocycles. The van der Waals surface area contributed by atoms with Crippen LogP contribution in [0.4, 0.5) is 22.0 Å². The zero-order valence-corrected chi connectivity index (χ0v) is 19.4. The Morgan fingerprint density at radius 2 is 1.88 bits per heavy atom. The predicted molar refractivity (Wildman–Crippen MR) is 125 cm³/mol. The van der Waals surface area contributed by atoms with Gasteiger partial charge in [-0.25, -0.2) is 9.37 Å². The van der Waals surface area contributed by atoms with Gasteiger partial charge >= 0.3 is 0 Å². The number of carbonyl (C=O) groups excluding carboxylic acids is 1. The van der Waals surface area contributed by atoms with Gasteiger partial charge in [0.1, 0.15) is 5.75 Å². The summed E-state index contributed by atoms with van der Waals surface area (Å²) < 4.78 is 25.5. The summed E-state index contributed by atoms with van der Waals surface area (Å²) >= 11 is 0. The molecule has 34 heavy (non-hydrogen) atoms. The maximum absolute atomic E-state index is 14.6. The lowest BCUT2D eigenvalue weighted by molar-refractivity contribution is -0.00572. The van der Waals surface area contributed by atoms with E-state index in [0.29, 0.717) is 30.4 Å². The van der Waals surface area contributed by atoms with E-state index in [-0.39, 0.29) is 29.5 Å². The van der Waals surface area contributed by atoms with Crippen molar-refractivity contribution >= 4 is 23.5 Å². The first-order valence-corrected chi connectivity index (χ1v) is 10.8. The number of nitrogens with zero attached hydrogens (tertiary/aromatic N) is 5. The van der Waals surface area contributed by atoms with Crippen LogP contribution in [0.1, 0.15) is 24.3 Å². The first kappa shape index (κ1) is 23.3. The fraction of sp³-hybridized carbons (Fsp3) is 0.348. The van der Waals surface area contributed by atoms with Crippen LogP contribution in [0, 0.1) is 5.82 Å². The lowest BCUT2D eigenvalue weighted by atomic mass is 10.0. The average molecular weight is 468 g/mol. The molecular weight excluding hydrogens is 441 g/mol. The van der Waals surface area contributed by atoms with E-state index in [2.05, 4.69) is 30.8 Å². The third kappa shape index (κ3) is 5.04. The van der Waals surface area contributed by atoms with E-state index in [1.165, 1.54) is 7.05 Å². The normalized spacial score (nSPS) is 17.9. The number of morpholine rings is 1. The molecule has 11 heteroatoms. The molecule has 2 N–H and O–H groups in total. The van der Waals surface area contributed by atoms with E-state index < -0.39 is 11.7 Å². The second kappa shape index (κ2) is 9.96. The van der Waals surface area contributed by atoms with Crippen LogP contribution in [0.3, 0.4) is 0 Å². The van der Waals surface area contributed by atoms with Gasteiger partial charge in [-0.15, -0.1) is 10.2 Å². The molecule has 0 unspecified atom stereocenters. The first-order valence-electron chi connectivity index (χ1n) is 10.8. The number of halogens is 1. The van der Waals surface area contributed by atoms with E-state index >= 15 is 0 Å². The fourth-order valence-corrected chi connectivity index (χ4v) is 3.79. The summed E-state index contributed by atoms with van der Waals surface area (Å²) in [6.45, 7) is 5.13. The van der Waals surface area contributed by atoms with Crippen LogP contribution in [-0.2, 0) is 4.74 Å². The number of ether oxygens (including phenoxy) is 2. The third-order valence-electron chi connectivity index (χ3n) is 5.32. The Balaban J connectivity index is 1.66. The molecule has 2 aromatic heterocycles. The van der Waals surface area contributed by atoms with Gasteiger partial charge in [0.25, 0.3) is 5.91 Å². The van der Waals surface area contributed by atoms with Crippen molar-refractivity contribution in [2.45, 2.75) is 26.1 Å². The topological polar surface area (TPSA) is 114 Å². The van der Waals surface area contributed by atoms with Crippen LogP contribution < -0.4 is 20.3 Å².